The number of nitrogens with one attached hydrogen (secondary N) is 1. The number of rotatable bonds is 6. The molecule has 162 valence electrons. The number of carbonyl (C=O) groups is 2. The van der Waals surface area contributed by atoms with Crippen molar-refractivity contribution < 1.29 is 24.0 Å². The minimum atomic E-state index is -0.477. The Hall–Kier alpha value is -4.20. The monoisotopic (exact) mass is 426 g/mol. The van der Waals surface area contributed by atoms with Gasteiger partial charge in [-0.25, -0.2) is 19.1 Å². The number of aromatic nitrogens is 4. The van der Waals surface area contributed by atoms with E-state index < -0.39 is 5.91 Å². The lowest BCUT2D eigenvalue weighted by Gasteiger charge is -2.06. The number of nitriles is 1. The fraction of sp³-hybridized carbons (Fsp3) is 0.300. The zero-order valence-electron chi connectivity index (χ0n) is 17.5. The van der Waals surface area contributed by atoms with E-state index in [4.69, 9.17) is 25.6 Å². The van der Waals surface area contributed by atoms with Crippen molar-refractivity contribution >= 4 is 29.2 Å². The summed E-state index contributed by atoms with van der Waals surface area (Å²) >= 11 is 0. The van der Waals surface area contributed by atoms with Crippen molar-refractivity contribution in [2.75, 3.05) is 12.8 Å². The zero-order chi connectivity index (χ0) is 23.0. The molecule has 1 amide bonds. The molecule has 0 aliphatic heterocycles. The third-order valence-electron chi connectivity index (χ3n) is 4.56. The van der Waals surface area contributed by atoms with E-state index in [0.29, 0.717) is 0 Å². The van der Waals surface area contributed by atoms with Crippen LogP contribution in [-0.2, 0) is 24.4 Å². The van der Waals surface area contributed by atoms with Crippen molar-refractivity contribution in [1.29, 1.82) is 5.26 Å². The Kier molecular flexibility index (Phi) is 7.85. The summed E-state index contributed by atoms with van der Waals surface area (Å²) in [4.78, 5) is 28.8. The van der Waals surface area contributed by atoms with E-state index in [-0.39, 0.29) is 30.2 Å². The summed E-state index contributed by atoms with van der Waals surface area (Å²) in [5.41, 5.74) is 7.82. The van der Waals surface area contributed by atoms with E-state index in [1.54, 1.807) is 7.11 Å². The molecule has 4 N–H and O–H groups in total. The number of benzene rings is 1. The fourth-order valence-electron chi connectivity index (χ4n) is 3.26. The number of nitrogens with zero attached hydrogens (tertiary/aromatic N) is 5. The summed E-state index contributed by atoms with van der Waals surface area (Å²) in [6, 6.07) is 7.77. The number of hydrogen-bond acceptors (Lipinski definition) is 7. The van der Waals surface area contributed by atoms with E-state index in [0.717, 1.165) is 35.7 Å². The number of carboxylic acid groups (broad SMARTS) is 1. The molecule has 0 radical (unpaired) electrons. The van der Waals surface area contributed by atoms with Crippen LogP contribution in [-0.4, -0.2) is 39.1 Å². The molecule has 0 saturated heterocycles. The smallest absolute Gasteiger partial charge is 0.290 e. The van der Waals surface area contributed by atoms with Crippen molar-refractivity contribution in [2.45, 2.75) is 33.5 Å². The van der Waals surface area contributed by atoms with Gasteiger partial charge in [0.15, 0.2) is 28.2 Å². The lowest BCUT2D eigenvalue weighted by molar-refractivity contribution is -0.676. The first-order chi connectivity index (χ1) is 14.9. The van der Waals surface area contributed by atoms with Crippen molar-refractivity contribution in [3.05, 3.63) is 41.6 Å². The van der Waals surface area contributed by atoms with Crippen LogP contribution in [0.2, 0.25) is 0 Å². The quantitative estimate of drug-likeness (QED) is 0.386. The topological polar surface area (TPSA) is 160 Å². The highest BCUT2D eigenvalue weighted by Gasteiger charge is 2.25. The van der Waals surface area contributed by atoms with Crippen LogP contribution in [0, 0.1) is 11.3 Å². The van der Waals surface area contributed by atoms with Crippen LogP contribution in [0.1, 0.15) is 35.9 Å². The number of aryl methyl sites for hydroxylation is 2. The van der Waals surface area contributed by atoms with Gasteiger partial charge in [0.05, 0.1) is 26.4 Å². The number of methoxy groups -OCH3 is 1. The van der Waals surface area contributed by atoms with Crippen LogP contribution in [0.4, 0.5) is 5.82 Å². The number of imidazole rings is 1. The molecule has 0 aliphatic carbocycles. The Morgan fingerprint density at radius 3 is 2.74 bits per heavy atom. The molecule has 0 aliphatic rings. The molecular formula is C20H24N7O4+. The normalized spacial score (nSPS) is 10.0. The number of ether oxygens (including phenoxy) is 1. The van der Waals surface area contributed by atoms with Crippen molar-refractivity contribution in [3.8, 4) is 11.8 Å². The number of anilines is 1. The Balaban J connectivity index is 0.00000107. The van der Waals surface area contributed by atoms with E-state index in [1.807, 2.05) is 31.2 Å². The first-order valence-electron chi connectivity index (χ1n) is 9.43. The largest absolute Gasteiger partial charge is 0.497 e. The molecule has 11 heteroatoms. The number of fused-ring (bicyclic) bond motifs is 1. The molecule has 11 nitrogen and oxygen atoms in total. The maximum atomic E-state index is 12.6. The van der Waals surface area contributed by atoms with E-state index in [9.17, 15) is 4.79 Å². The first-order valence-corrected chi connectivity index (χ1v) is 9.43. The van der Waals surface area contributed by atoms with Gasteiger partial charge >= 0.3 is 0 Å². The molecule has 1 aromatic carbocycles. The second kappa shape index (κ2) is 10.5. The van der Waals surface area contributed by atoms with Gasteiger partial charge in [-0.05, 0) is 26.0 Å². The van der Waals surface area contributed by atoms with Gasteiger partial charge in [-0.2, -0.15) is 5.26 Å². The molecule has 0 atom stereocenters. The van der Waals surface area contributed by atoms with E-state index >= 15 is 0 Å². The first kappa shape index (κ1) is 23.1. The van der Waals surface area contributed by atoms with Gasteiger partial charge in [-0.3, -0.25) is 9.59 Å². The number of amides is 1. The maximum absolute atomic E-state index is 12.6. The lowest BCUT2D eigenvalue weighted by Crippen LogP contribution is -2.40. The van der Waals surface area contributed by atoms with E-state index in [2.05, 4.69) is 31.3 Å². The summed E-state index contributed by atoms with van der Waals surface area (Å²) < 4.78 is 9.61. The minimum Gasteiger partial charge on any atom is -0.497 e. The van der Waals surface area contributed by atoms with Crippen LogP contribution in [0.25, 0.3) is 11.0 Å². The molecule has 31 heavy (non-hydrogen) atoms. The third kappa shape index (κ3) is 4.87. The van der Waals surface area contributed by atoms with Crippen molar-refractivity contribution in [2.24, 2.45) is 0 Å². The van der Waals surface area contributed by atoms with Gasteiger partial charge in [-0.15, -0.1) is 0 Å². The third-order valence-corrected chi connectivity index (χ3v) is 4.56. The molecule has 2 heterocycles. The fourth-order valence-corrected chi connectivity index (χ4v) is 3.26. The summed E-state index contributed by atoms with van der Waals surface area (Å²) in [7, 11) is 1.64. The zero-order valence-corrected chi connectivity index (χ0v) is 17.5. The molecule has 0 fully saturated rings. The van der Waals surface area contributed by atoms with Crippen LogP contribution in [0.5, 0.6) is 5.75 Å². The molecule has 0 unspecified atom stereocenters. The number of hydrogen-bond donors (Lipinski definition) is 3. The molecular weight excluding hydrogens is 402 g/mol. The second-order valence-corrected chi connectivity index (χ2v) is 6.15. The molecule has 2 aromatic heterocycles. The predicted molar refractivity (Wildman–Crippen MR) is 111 cm³/mol. The highest BCUT2D eigenvalue weighted by atomic mass is 16.5. The number of carbonyl (C=O) groups excluding carboxylic acids is 1. The summed E-state index contributed by atoms with van der Waals surface area (Å²) in [5, 5.41) is 18.7. The molecule has 0 spiro atoms. The van der Waals surface area contributed by atoms with Crippen LogP contribution in [0.15, 0.2) is 24.4 Å². The SMILES string of the molecule is CCn1c(CNC(=O)c2nc(C#N)cnc2N)[n+](CC)c2ccc(OC)cc21.O=CO. The molecule has 0 saturated carbocycles. The van der Waals surface area contributed by atoms with Gasteiger partial charge < -0.3 is 20.9 Å². The van der Waals surface area contributed by atoms with E-state index in [1.165, 1.54) is 6.20 Å². The van der Waals surface area contributed by atoms with Crippen LogP contribution < -0.4 is 20.4 Å². The van der Waals surface area contributed by atoms with Gasteiger partial charge in [0, 0.05) is 6.07 Å². The summed E-state index contributed by atoms with van der Waals surface area (Å²) in [6.07, 6.45) is 1.24. The molecule has 3 rings (SSSR count). The summed E-state index contributed by atoms with van der Waals surface area (Å²) in [6.45, 7) is 5.59. The average molecular weight is 426 g/mol. The molecule has 0 bridgehead atoms. The van der Waals surface area contributed by atoms with Crippen molar-refractivity contribution in [3.63, 3.8) is 0 Å². The van der Waals surface area contributed by atoms with Gasteiger partial charge in [0.2, 0.25) is 0 Å². The van der Waals surface area contributed by atoms with Crippen molar-refractivity contribution in [1.82, 2.24) is 19.9 Å². The Morgan fingerprint density at radius 1 is 1.45 bits per heavy atom. The highest BCUT2D eigenvalue weighted by Crippen LogP contribution is 2.21. The predicted octanol–water partition coefficient (Wildman–Crippen LogP) is 0.852. The van der Waals surface area contributed by atoms with Gasteiger partial charge in [-0.1, -0.05) is 0 Å². The average Bonchev–Trinajstić information content (AvgIpc) is 3.09. The summed E-state index contributed by atoms with van der Waals surface area (Å²) in [5.74, 6) is 1.22. The maximum Gasteiger partial charge on any atom is 0.290 e. The van der Waals surface area contributed by atoms with Gasteiger partial charge in [0.25, 0.3) is 18.2 Å². The van der Waals surface area contributed by atoms with Gasteiger partial charge in [0.1, 0.15) is 18.4 Å². The van der Waals surface area contributed by atoms with Crippen LogP contribution >= 0.6 is 0 Å². The highest BCUT2D eigenvalue weighted by molar-refractivity contribution is 5.96. The minimum absolute atomic E-state index is 0.0133. The second-order valence-electron chi connectivity index (χ2n) is 6.15. The number of nitrogens with two attached hydrogens (primary N) is 1. The Labute approximate surface area is 178 Å². The standard InChI is InChI=1S/C19H21N7O2.CH2O2/c1-4-25-14-7-6-13(28-3)8-15(14)26(5-2)16(25)11-23-19(27)17-18(21)22-10-12(9-20)24-17;2-1-3/h6-8,10H,4-5,11H2,1-3H3,(H2-,21,22,23,27);1H,(H,2,3)/p+1. The number of nitrogen functional groups attached to an aromatic ring is 1. The van der Waals surface area contributed by atoms with Crippen LogP contribution in [0.3, 0.4) is 0 Å². The molecule has 3 aromatic rings. The Bertz CT molecular complexity index is 1130. The lowest BCUT2D eigenvalue weighted by atomic mass is 10.3. The Morgan fingerprint density at radius 2 is 2.16 bits per heavy atom.